The van der Waals surface area contributed by atoms with Crippen LogP contribution in [0.3, 0.4) is 0 Å². The summed E-state index contributed by atoms with van der Waals surface area (Å²) >= 11 is 0. The maximum Gasteiger partial charge on any atom is 0.331 e. The van der Waals surface area contributed by atoms with Crippen LogP contribution in [0, 0.1) is 0 Å². The van der Waals surface area contributed by atoms with Crippen LogP contribution in [-0.4, -0.2) is 22.2 Å². The van der Waals surface area contributed by atoms with Gasteiger partial charge in [0.2, 0.25) is 0 Å². The summed E-state index contributed by atoms with van der Waals surface area (Å²) in [4.78, 5) is 22.1. The molecule has 0 aliphatic heterocycles. The maximum atomic E-state index is 11.1. The Balaban J connectivity index is 2.76. The normalized spacial score (nSPS) is 12.5. The molecule has 0 saturated heterocycles. The summed E-state index contributed by atoms with van der Waals surface area (Å²) in [6.45, 7) is 3.02. The van der Waals surface area contributed by atoms with E-state index in [1.807, 2.05) is 30.3 Å². The Morgan fingerprint density at radius 2 is 1.45 bits per heavy atom. The first-order valence-electron chi connectivity index (χ1n) is 6.75. The summed E-state index contributed by atoms with van der Waals surface area (Å²) in [5.74, 6) is -2.00. The highest BCUT2D eigenvalue weighted by Crippen LogP contribution is 2.26. The quantitative estimate of drug-likeness (QED) is 0.841. The van der Waals surface area contributed by atoms with Gasteiger partial charge in [-0.1, -0.05) is 36.4 Å². The molecule has 2 aromatic carbocycles. The molecule has 0 amide bonds. The molecule has 22 heavy (non-hydrogen) atoms. The van der Waals surface area contributed by atoms with E-state index in [2.05, 4.69) is 0 Å². The molecule has 2 aromatic rings. The van der Waals surface area contributed by atoms with E-state index in [4.69, 9.17) is 10.2 Å². The van der Waals surface area contributed by atoms with Crippen LogP contribution in [-0.2, 0) is 9.59 Å². The Morgan fingerprint density at radius 1 is 0.864 bits per heavy atom. The average molecular weight is 296 g/mol. The topological polar surface area (TPSA) is 74.6 Å². The van der Waals surface area contributed by atoms with Gasteiger partial charge in [-0.15, -0.1) is 0 Å². The van der Waals surface area contributed by atoms with Gasteiger partial charge in [-0.3, -0.25) is 0 Å². The van der Waals surface area contributed by atoms with E-state index >= 15 is 0 Å². The van der Waals surface area contributed by atoms with E-state index in [0.29, 0.717) is 11.1 Å². The third-order valence-corrected chi connectivity index (χ3v) is 3.41. The number of carboxylic acid groups (broad SMARTS) is 2. The minimum atomic E-state index is -1.00. The summed E-state index contributed by atoms with van der Waals surface area (Å²) in [7, 11) is 0. The van der Waals surface area contributed by atoms with Crippen LogP contribution >= 0.6 is 0 Å². The Labute approximate surface area is 128 Å². The predicted octanol–water partition coefficient (Wildman–Crippen LogP) is 3.82. The SMILES string of the molecule is C/C(=C\c1ccc2ccccc2c1/C=C(\C)C(=O)O)C(=O)O. The third kappa shape index (κ3) is 3.23. The zero-order chi connectivity index (χ0) is 16.3. The number of carboxylic acids is 2. The monoisotopic (exact) mass is 296 g/mol. The van der Waals surface area contributed by atoms with E-state index in [9.17, 15) is 9.59 Å². The van der Waals surface area contributed by atoms with Crippen molar-refractivity contribution < 1.29 is 19.8 Å². The molecule has 0 atom stereocenters. The molecule has 2 N–H and O–H groups in total. The minimum Gasteiger partial charge on any atom is -0.478 e. The fourth-order valence-corrected chi connectivity index (χ4v) is 2.17. The molecule has 0 saturated carbocycles. The van der Waals surface area contributed by atoms with Gasteiger partial charge in [0.05, 0.1) is 0 Å². The number of aliphatic carboxylic acids is 2. The van der Waals surface area contributed by atoms with Gasteiger partial charge in [0.25, 0.3) is 0 Å². The smallest absolute Gasteiger partial charge is 0.331 e. The number of hydrogen-bond acceptors (Lipinski definition) is 2. The molecule has 0 spiro atoms. The number of carbonyl (C=O) groups is 2. The Morgan fingerprint density at radius 3 is 2.09 bits per heavy atom. The third-order valence-electron chi connectivity index (χ3n) is 3.41. The van der Waals surface area contributed by atoms with E-state index in [0.717, 1.165) is 10.8 Å². The van der Waals surface area contributed by atoms with E-state index in [1.54, 1.807) is 18.2 Å². The number of hydrogen-bond donors (Lipinski definition) is 2. The van der Waals surface area contributed by atoms with Crippen molar-refractivity contribution in [1.29, 1.82) is 0 Å². The van der Waals surface area contributed by atoms with Gasteiger partial charge in [-0.2, -0.15) is 0 Å². The van der Waals surface area contributed by atoms with Crippen molar-refractivity contribution in [2.24, 2.45) is 0 Å². The molecule has 4 nitrogen and oxygen atoms in total. The molecule has 0 radical (unpaired) electrons. The van der Waals surface area contributed by atoms with Crippen LogP contribution in [0.1, 0.15) is 25.0 Å². The van der Waals surface area contributed by atoms with Crippen molar-refractivity contribution in [3.05, 3.63) is 58.7 Å². The molecule has 0 aliphatic carbocycles. The maximum absolute atomic E-state index is 11.1. The van der Waals surface area contributed by atoms with E-state index in [-0.39, 0.29) is 11.1 Å². The number of fused-ring (bicyclic) bond motifs is 1. The van der Waals surface area contributed by atoms with Gasteiger partial charge < -0.3 is 10.2 Å². The van der Waals surface area contributed by atoms with Crippen LogP contribution in [0.5, 0.6) is 0 Å². The van der Waals surface area contributed by atoms with Crippen molar-refractivity contribution in [3.63, 3.8) is 0 Å². The van der Waals surface area contributed by atoms with Crippen molar-refractivity contribution in [3.8, 4) is 0 Å². The molecule has 0 aromatic heterocycles. The highest BCUT2D eigenvalue weighted by molar-refractivity contribution is 6.01. The summed E-state index contributed by atoms with van der Waals surface area (Å²) in [5, 5.41) is 20.0. The highest BCUT2D eigenvalue weighted by atomic mass is 16.4. The van der Waals surface area contributed by atoms with Gasteiger partial charge in [-0.25, -0.2) is 9.59 Å². The van der Waals surface area contributed by atoms with Gasteiger partial charge in [-0.05, 0) is 47.9 Å². The van der Waals surface area contributed by atoms with Crippen molar-refractivity contribution >= 4 is 34.9 Å². The molecule has 0 bridgehead atoms. The largest absolute Gasteiger partial charge is 0.478 e. The molecule has 0 fully saturated rings. The second kappa shape index (κ2) is 6.26. The molecule has 4 heteroatoms. The first kappa shape index (κ1) is 15.5. The van der Waals surface area contributed by atoms with Crippen LogP contribution < -0.4 is 0 Å². The summed E-state index contributed by atoms with van der Waals surface area (Å²) in [5.41, 5.74) is 1.77. The van der Waals surface area contributed by atoms with E-state index < -0.39 is 11.9 Å². The second-order valence-electron chi connectivity index (χ2n) is 5.05. The van der Waals surface area contributed by atoms with Gasteiger partial charge >= 0.3 is 11.9 Å². The molecule has 0 heterocycles. The summed E-state index contributed by atoms with van der Waals surface area (Å²) < 4.78 is 0. The minimum absolute atomic E-state index is 0.193. The summed E-state index contributed by atoms with van der Waals surface area (Å²) in [6.07, 6.45) is 3.13. The van der Waals surface area contributed by atoms with Gasteiger partial charge in [0.1, 0.15) is 0 Å². The molecular formula is C18H16O4. The summed E-state index contributed by atoms with van der Waals surface area (Å²) in [6, 6.07) is 11.3. The lowest BCUT2D eigenvalue weighted by atomic mass is 9.96. The lowest BCUT2D eigenvalue weighted by Gasteiger charge is -2.08. The molecular weight excluding hydrogens is 280 g/mol. The Hall–Kier alpha value is -2.88. The first-order valence-corrected chi connectivity index (χ1v) is 6.75. The second-order valence-corrected chi connectivity index (χ2v) is 5.05. The molecule has 112 valence electrons. The number of rotatable bonds is 4. The fraction of sp³-hybridized carbons (Fsp3) is 0.111. The highest BCUT2D eigenvalue weighted by Gasteiger charge is 2.09. The zero-order valence-corrected chi connectivity index (χ0v) is 12.3. The first-order chi connectivity index (χ1) is 10.4. The van der Waals surface area contributed by atoms with Crippen molar-refractivity contribution in [2.45, 2.75) is 13.8 Å². The lowest BCUT2D eigenvalue weighted by Crippen LogP contribution is -1.98. The standard InChI is InChI=1S/C18H16O4/c1-11(17(19)20)9-14-8-7-13-5-3-4-6-15(13)16(14)10-12(2)18(21)22/h3-10H,1-2H3,(H,19,20)(H,21,22)/b11-9+,12-10+. The lowest BCUT2D eigenvalue weighted by molar-refractivity contribution is -0.133. The van der Waals surface area contributed by atoms with Crippen molar-refractivity contribution in [2.75, 3.05) is 0 Å². The zero-order valence-electron chi connectivity index (χ0n) is 12.3. The van der Waals surface area contributed by atoms with Crippen LogP contribution in [0.15, 0.2) is 47.5 Å². The molecule has 0 unspecified atom stereocenters. The average Bonchev–Trinajstić information content (AvgIpc) is 2.49. The molecule has 0 aliphatic rings. The number of benzene rings is 2. The van der Waals surface area contributed by atoms with Crippen LogP contribution in [0.4, 0.5) is 0 Å². The molecule has 2 rings (SSSR count). The van der Waals surface area contributed by atoms with Gasteiger partial charge in [0.15, 0.2) is 0 Å². The van der Waals surface area contributed by atoms with Gasteiger partial charge in [0, 0.05) is 11.1 Å². The Kier molecular flexibility index (Phi) is 4.41. The van der Waals surface area contributed by atoms with Crippen LogP contribution in [0.25, 0.3) is 22.9 Å². The van der Waals surface area contributed by atoms with Crippen molar-refractivity contribution in [1.82, 2.24) is 0 Å². The van der Waals surface area contributed by atoms with E-state index in [1.165, 1.54) is 13.8 Å². The predicted molar refractivity (Wildman–Crippen MR) is 86.5 cm³/mol. The van der Waals surface area contributed by atoms with Crippen LogP contribution in [0.2, 0.25) is 0 Å². The fourth-order valence-electron chi connectivity index (χ4n) is 2.17. The Bertz CT molecular complexity index is 813.